The molecule has 0 bridgehead atoms. The van der Waals surface area contributed by atoms with E-state index in [2.05, 4.69) is 15.6 Å². The molecule has 1 amide bonds. The van der Waals surface area contributed by atoms with Gasteiger partial charge >= 0.3 is 0 Å². The third-order valence-corrected chi connectivity index (χ3v) is 2.86. The van der Waals surface area contributed by atoms with Gasteiger partial charge in [0.05, 0.1) is 0 Å². The molecular weight excluding hydrogens is 268 g/mol. The van der Waals surface area contributed by atoms with Crippen LogP contribution in [0.2, 0.25) is 0 Å². The van der Waals surface area contributed by atoms with Crippen molar-refractivity contribution in [2.75, 3.05) is 26.8 Å². The zero-order valence-corrected chi connectivity index (χ0v) is 12.7. The minimum absolute atomic E-state index is 0.421. The van der Waals surface area contributed by atoms with Crippen LogP contribution in [-0.4, -0.2) is 38.7 Å². The van der Waals surface area contributed by atoms with Crippen LogP contribution in [0.5, 0.6) is 0 Å². The Balaban J connectivity index is 2.38. The summed E-state index contributed by atoms with van der Waals surface area (Å²) >= 11 is 0. The third-order valence-electron chi connectivity index (χ3n) is 2.86. The Morgan fingerprint density at radius 3 is 2.86 bits per heavy atom. The summed E-state index contributed by atoms with van der Waals surface area (Å²) in [6.07, 6.45) is 0.922. The molecule has 0 aromatic heterocycles. The van der Waals surface area contributed by atoms with Gasteiger partial charge in [0, 0.05) is 38.9 Å². The number of nitrogens with one attached hydrogen (secondary N) is 2. The van der Waals surface area contributed by atoms with Crippen molar-refractivity contribution >= 4 is 11.9 Å². The molecule has 116 valence electrons. The number of hydrogen-bond acceptors (Lipinski definition) is 3. The number of rotatable bonds is 8. The minimum atomic E-state index is -0.421. The molecule has 0 atom stereocenters. The van der Waals surface area contributed by atoms with Gasteiger partial charge in [-0.3, -0.25) is 9.79 Å². The smallest absolute Gasteiger partial charge is 0.248 e. The highest BCUT2D eigenvalue weighted by Gasteiger charge is 2.02. The molecule has 1 rings (SSSR count). The summed E-state index contributed by atoms with van der Waals surface area (Å²) in [5.41, 5.74) is 6.75. The standard InChI is InChI=1S/C15H24N4O2/c1-3-21-9-5-8-18-15(17-2)19-11-12-6-4-7-13(10-12)14(16)20/h4,6-7,10H,3,5,8-9,11H2,1-2H3,(H2,16,20)(H2,17,18,19). The molecule has 0 fully saturated rings. The normalized spacial score (nSPS) is 11.2. The molecule has 4 N–H and O–H groups in total. The molecule has 0 saturated carbocycles. The fraction of sp³-hybridized carbons (Fsp3) is 0.467. The van der Waals surface area contributed by atoms with Crippen LogP contribution in [0.25, 0.3) is 0 Å². The molecule has 21 heavy (non-hydrogen) atoms. The average Bonchev–Trinajstić information content (AvgIpc) is 2.50. The second-order valence-electron chi connectivity index (χ2n) is 4.47. The maximum atomic E-state index is 11.1. The first-order chi connectivity index (χ1) is 10.2. The number of hydrogen-bond donors (Lipinski definition) is 3. The Morgan fingerprint density at radius 1 is 1.38 bits per heavy atom. The number of guanidine groups is 1. The summed E-state index contributed by atoms with van der Waals surface area (Å²) in [6.45, 7) is 4.83. The third kappa shape index (κ3) is 6.76. The molecule has 0 aliphatic carbocycles. The maximum Gasteiger partial charge on any atom is 0.248 e. The van der Waals surface area contributed by atoms with E-state index in [1.807, 2.05) is 19.1 Å². The molecule has 1 aromatic rings. The maximum absolute atomic E-state index is 11.1. The number of aliphatic imine (C=N–C) groups is 1. The zero-order valence-electron chi connectivity index (χ0n) is 12.7. The predicted molar refractivity (Wildman–Crippen MR) is 84.3 cm³/mol. The summed E-state index contributed by atoms with van der Waals surface area (Å²) in [6, 6.07) is 7.22. The molecule has 0 radical (unpaired) electrons. The Labute approximate surface area is 125 Å². The second-order valence-corrected chi connectivity index (χ2v) is 4.47. The van der Waals surface area contributed by atoms with Crippen LogP contribution < -0.4 is 16.4 Å². The highest BCUT2D eigenvalue weighted by atomic mass is 16.5. The first-order valence-electron chi connectivity index (χ1n) is 7.08. The van der Waals surface area contributed by atoms with Crippen LogP contribution >= 0.6 is 0 Å². The lowest BCUT2D eigenvalue weighted by atomic mass is 10.1. The van der Waals surface area contributed by atoms with Crippen LogP contribution in [0, 0.1) is 0 Å². The van der Waals surface area contributed by atoms with Crippen LogP contribution in [-0.2, 0) is 11.3 Å². The van der Waals surface area contributed by atoms with Gasteiger partial charge in [-0.2, -0.15) is 0 Å². The summed E-state index contributed by atoms with van der Waals surface area (Å²) < 4.78 is 5.27. The lowest BCUT2D eigenvalue weighted by molar-refractivity contribution is 0.1000. The Kier molecular flexibility index (Phi) is 7.89. The Bertz CT molecular complexity index is 474. The zero-order chi connectivity index (χ0) is 15.5. The van der Waals surface area contributed by atoms with Crippen molar-refractivity contribution < 1.29 is 9.53 Å². The van der Waals surface area contributed by atoms with E-state index in [9.17, 15) is 4.79 Å². The predicted octanol–water partition coefficient (Wildman–Crippen LogP) is 0.877. The Morgan fingerprint density at radius 2 is 2.19 bits per heavy atom. The van der Waals surface area contributed by atoms with Gasteiger partial charge in [-0.15, -0.1) is 0 Å². The highest BCUT2D eigenvalue weighted by molar-refractivity contribution is 5.92. The lowest BCUT2D eigenvalue weighted by Gasteiger charge is -2.12. The number of primary amides is 1. The van der Waals surface area contributed by atoms with Crippen molar-refractivity contribution in [2.24, 2.45) is 10.7 Å². The first-order valence-corrected chi connectivity index (χ1v) is 7.08. The fourth-order valence-corrected chi connectivity index (χ4v) is 1.77. The molecule has 6 nitrogen and oxygen atoms in total. The number of benzene rings is 1. The van der Waals surface area contributed by atoms with Gasteiger partial charge in [-0.25, -0.2) is 0 Å². The SMILES string of the molecule is CCOCCCNC(=NC)NCc1cccc(C(N)=O)c1. The number of nitrogens with two attached hydrogens (primary N) is 1. The van der Waals surface area contributed by atoms with Gasteiger partial charge in [-0.05, 0) is 31.0 Å². The molecule has 0 unspecified atom stereocenters. The number of carbonyl (C=O) groups excluding carboxylic acids is 1. The molecule has 1 aromatic carbocycles. The van der Waals surface area contributed by atoms with Crippen molar-refractivity contribution in [3.05, 3.63) is 35.4 Å². The lowest BCUT2D eigenvalue weighted by Crippen LogP contribution is -2.37. The van der Waals surface area contributed by atoms with Crippen molar-refractivity contribution in [1.82, 2.24) is 10.6 Å². The number of nitrogens with zero attached hydrogens (tertiary/aromatic N) is 1. The van der Waals surface area contributed by atoms with Gasteiger partial charge in [0.1, 0.15) is 0 Å². The molecule has 0 aliphatic heterocycles. The average molecular weight is 292 g/mol. The summed E-state index contributed by atoms with van der Waals surface area (Å²) in [7, 11) is 1.72. The van der Waals surface area contributed by atoms with Gasteiger partial charge in [0.25, 0.3) is 0 Å². The summed E-state index contributed by atoms with van der Waals surface area (Å²) in [5, 5.41) is 6.39. The van der Waals surface area contributed by atoms with Crippen molar-refractivity contribution in [3.8, 4) is 0 Å². The van der Waals surface area contributed by atoms with Crippen LogP contribution in [0.1, 0.15) is 29.3 Å². The molecule has 0 saturated heterocycles. The van der Waals surface area contributed by atoms with E-state index in [1.54, 1.807) is 19.2 Å². The van der Waals surface area contributed by atoms with Crippen molar-refractivity contribution in [1.29, 1.82) is 0 Å². The van der Waals surface area contributed by atoms with E-state index < -0.39 is 5.91 Å². The van der Waals surface area contributed by atoms with Crippen LogP contribution in [0.3, 0.4) is 0 Å². The number of carbonyl (C=O) groups is 1. The van der Waals surface area contributed by atoms with Crippen LogP contribution in [0.4, 0.5) is 0 Å². The first kappa shape index (κ1) is 17.0. The summed E-state index contributed by atoms with van der Waals surface area (Å²) in [5.74, 6) is 0.297. The molecule has 0 heterocycles. The van der Waals surface area contributed by atoms with Gasteiger partial charge < -0.3 is 21.1 Å². The van der Waals surface area contributed by atoms with Gasteiger partial charge in [0.15, 0.2) is 5.96 Å². The largest absolute Gasteiger partial charge is 0.382 e. The molecular formula is C15H24N4O2. The van der Waals surface area contributed by atoms with Gasteiger partial charge in [-0.1, -0.05) is 12.1 Å². The van der Waals surface area contributed by atoms with E-state index in [0.29, 0.717) is 12.1 Å². The quantitative estimate of drug-likeness (QED) is 0.377. The highest BCUT2D eigenvalue weighted by Crippen LogP contribution is 2.04. The van der Waals surface area contributed by atoms with Crippen molar-refractivity contribution in [2.45, 2.75) is 19.9 Å². The summed E-state index contributed by atoms with van der Waals surface area (Å²) in [4.78, 5) is 15.3. The van der Waals surface area contributed by atoms with E-state index in [4.69, 9.17) is 10.5 Å². The van der Waals surface area contributed by atoms with E-state index in [0.717, 1.165) is 37.7 Å². The van der Waals surface area contributed by atoms with E-state index in [-0.39, 0.29) is 0 Å². The van der Waals surface area contributed by atoms with Crippen LogP contribution in [0.15, 0.2) is 29.3 Å². The monoisotopic (exact) mass is 292 g/mol. The fourth-order valence-electron chi connectivity index (χ4n) is 1.77. The molecule has 0 aliphatic rings. The molecule has 6 heteroatoms. The van der Waals surface area contributed by atoms with Crippen molar-refractivity contribution in [3.63, 3.8) is 0 Å². The topological polar surface area (TPSA) is 88.7 Å². The van der Waals surface area contributed by atoms with E-state index in [1.165, 1.54) is 0 Å². The number of amides is 1. The second kappa shape index (κ2) is 9.77. The molecule has 0 spiro atoms. The Hall–Kier alpha value is -2.08. The minimum Gasteiger partial charge on any atom is -0.382 e. The number of ether oxygens (including phenoxy) is 1. The van der Waals surface area contributed by atoms with Gasteiger partial charge in [0.2, 0.25) is 5.91 Å². The van der Waals surface area contributed by atoms with E-state index >= 15 is 0 Å².